The second-order valence-corrected chi connectivity index (χ2v) is 3.91. The fourth-order valence-corrected chi connectivity index (χ4v) is 1.81. The number of rotatable bonds is 3. The van der Waals surface area contributed by atoms with E-state index in [1.165, 1.54) is 5.56 Å². The number of aryl methyl sites for hydroxylation is 1. The first kappa shape index (κ1) is 11.4. The van der Waals surface area contributed by atoms with Crippen molar-refractivity contribution in [2.45, 2.75) is 13.3 Å². The summed E-state index contributed by atoms with van der Waals surface area (Å²) >= 11 is 0. The Morgan fingerprint density at radius 1 is 1.12 bits per heavy atom. The maximum absolute atomic E-state index is 10.8. The number of benzene rings is 2. The first-order valence-corrected chi connectivity index (χ1v) is 5.62. The van der Waals surface area contributed by atoms with Crippen LogP contribution in [0.15, 0.2) is 42.5 Å². The van der Waals surface area contributed by atoms with E-state index in [0.717, 1.165) is 12.0 Å². The van der Waals surface area contributed by atoms with Crippen LogP contribution < -0.4 is 0 Å². The minimum Gasteiger partial charge on any atom is -0.507 e. The number of phenolic OH excluding ortho intramolecular Hbond substituents is 1. The Kier molecular flexibility index (Phi) is 3.24. The maximum atomic E-state index is 10.8. The largest absolute Gasteiger partial charge is 0.507 e. The Morgan fingerprint density at radius 3 is 2.41 bits per heavy atom. The number of aldehydes is 1. The maximum Gasteiger partial charge on any atom is 0.153 e. The lowest BCUT2D eigenvalue weighted by Gasteiger charge is -2.07. The molecule has 0 heterocycles. The molecule has 0 radical (unpaired) electrons. The van der Waals surface area contributed by atoms with Crippen LogP contribution in [-0.4, -0.2) is 11.4 Å². The highest BCUT2D eigenvalue weighted by molar-refractivity contribution is 5.85. The predicted molar refractivity (Wildman–Crippen MR) is 68.3 cm³/mol. The second kappa shape index (κ2) is 4.83. The van der Waals surface area contributed by atoms with Crippen LogP contribution in [0.5, 0.6) is 5.75 Å². The molecule has 0 fully saturated rings. The van der Waals surface area contributed by atoms with Gasteiger partial charge in [0.2, 0.25) is 0 Å². The quantitative estimate of drug-likeness (QED) is 0.814. The van der Waals surface area contributed by atoms with Crippen molar-refractivity contribution in [1.29, 1.82) is 0 Å². The van der Waals surface area contributed by atoms with E-state index in [4.69, 9.17) is 0 Å². The van der Waals surface area contributed by atoms with Gasteiger partial charge in [-0.1, -0.05) is 43.3 Å². The third kappa shape index (κ3) is 2.21. The molecule has 0 aliphatic rings. The summed E-state index contributed by atoms with van der Waals surface area (Å²) in [6.45, 7) is 2.10. The van der Waals surface area contributed by atoms with E-state index in [0.29, 0.717) is 17.4 Å². The van der Waals surface area contributed by atoms with Crippen molar-refractivity contribution < 1.29 is 9.90 Å². The zero-order valence-electron chi connectivity index (χ0n) is 9.68. The summed E-state index contributed by atoms with van der Waals surface area (Å²) in [5.74, 6) is 0.0479. The lowest BCUT2D eigenvalue weighted by Crippen LogP contribution is -1.86. The van der Waals surface area contributed by atoms with Gasteiger partial charge in [-0.15, -0.1) is 0 Å². The molecule has 2 aromatic rings. The van der Waals surface area contributed by atoms with Crippen molar-refractivity contribution in [2.75, 3.05) is 0 Å². The van der Waals surface area contributed by atoms with Crippen molar-refractivity contribution >= 4 is 6.29 Å². The number of hydrogen-bond acceptors (Lipinski definition) is 2. The number of hydrogen-bond donors (Lipinski definition) is 1. The molecule has 0 saturated carbocycles. The summed E-state index contributed by atoms with van der Waals surface area (Å²) in [6, 6.07) is 13.2. The standard InChI is InChI=1S/C15H14O2/c1-2-11-6-8-12(9-7-11)14-5-3-4-13(10-16)15(14)17/h3-10,17H,2H2,1H3. The monoisotopic (exact) mass is 226 g/mol. The minimum atomic E-state index is 0.0479. The van der Waals surface area contributed by atoms with Crippen LogP contribution in [0.2, 0.25) is 0 Å². The predicted octanol–water partition coefficient (Wildman–Crippen LogP) is 3.43. The normalized spacial score (nSPS) is 10.2. The topological polar surface area (TPSA) is 37.3 Å². The number of phenols is 1. The van der Waals surface area contributed by atoms with Crippen LogP contribution in [-0.2, 0) is 6.42 Å². The fraction of sp³-hybridized carbons (Fsp3) is 0.133. The molecule has 0 atom stereocenters. The first-order chi connectivity index (χ1) is 8.26. The molecule has 0 unspecified atom stereocenters. The van der Waals surface area contributed by atoms with Crippen LogP contribution >= 0.6 is 0 Å². The van der Waals surface area contributed by atoms with Gasteiger partial charge in [-0.3, -0.25) is 4.79 Å². The van der Waals surface area contributed by atoms with Gasteiger partial charge in [0.15, 0.2) is 6.29 Å². The molecule has 2 aromatic carbocycles. The van der Waals surface area contributed by atoms with Crippen molar-refractivity contribution in [3.05, 3.63) is 53.6 Å². The zero-order valence-corrected chi connectivity index (χ0v) is 9.68. The molecule has 0 aliphatic heterocycles. The van der Waals surface area contributed by atoms with Crippen LogP contribution in [0.4, 0.5) is 0 Å². The minimum absolute atomic E-state index is 0.0479. The van der Waals surface area contributed by atoms with E-state index in [1.54, 1.807) is 12.1 Å². The molecule has 2 heteroatoms. The summed E-state index contributed by atoms with van der Waals surface area (Å²) in [4.78, 5) is 10.8. The Labute approximate surface area is 101 Å². The van der Waals surface area contributed by atoms with E-state index in [9.17, 15) is 9.90 Å². The van der Waals surface area contributed by atoms with Crippen LogP contribution in [0.3, 0.4) is 0 Å². The number of para-hydroxylation sites is 1. The zero-order chi connectivity index (χ0) is 12.3. The van der Waals surface area contributed by atoms with Gasteiger partial charge in [-0.25, -0.2) is 0 Å². The van der Waals surface area contributed by atoms with Gasteiger partial charge in [0.1, 0.15) is 5.75 Å². The van der Waals surface area contributed by atoms with Crippen LogP contribution in [0.1, 0.15) is 22.8 Å². The molecule has 1 N–H and O–H groups in total. The Bertz CT molecular complexity index is 527. The molecule has 0 saturated heterocycles. The van der Waals surface area contributed by atoms with E-state index in [-0.39, 0.29) is 5.75 Å². The number of carbonyl (C=O) groups excluding carboxylic acids is 1. The van der Waals surface area contributed by atoms with Gasteiger partial charge < -0.3 is 5.11 Å². The lowest BCUT2D eigenvalue weighted by molar-refractivity contribution is 0.112. The van der Waals surface area contributed by atoms with Gasteiger partial charge >= 0.3 is 0 Å². The highest BCUT2D eigenvalue weighted by Crippen LogP contribution is 2.31. The molecular weight excluding hydrogens is 212 g/mol. The highest BCUT2D eigenvalue weighted by atomic mass is 16.3. The third-order valence-electron chi connectivity index (χ3n) is 2.87. The number of carbonyl (C=O) groups is 1. The van der Waals surface area contributed by atoms with Crippen molar-refractivity contribution in [3.8, 4) is 16.9 Å². The molecule has 0 aliphatic carbocycles. The molecular formula is C15H14O2. The third-order valence-corrected chi connectivity index (χ3v) is 2.87. The van der Waals surface area contributed by atoms with E-state index in [2.05, 4.69) is 6.92 Å². The van der Waals surface area contributed by atoms with Crippen molar-refractivity contribution in [2.24, 2.45) is 0 Å². The average molecular weight is 226 g/mol. The van der Waals surface area contributed by atoms with Gasteiger partial charge in [0.25, 0.3) is 0 Å². The number of aromatic hydroxyl groups is 1. The summed E-state index contributed by atoms with van der Waals surface area (Å²) in [7, 11) is 0. The van der Waals surface area contributed by atoms with Gasteiger partial charge in [0.05, 0.1) is 5.56 Å². The SMILES string of the molecule is CCc1ccc(-c2cccc(C=O)c2O)cc1. The Hall–Kier alpha value is -2.09. The van der Waals surface area contributed by atoms with Gasteiger partial charge in [-0.05, 0) is 23.6 Å². The van der Waals surface area contributed by atoms with Gasteiger partial charge in [0, 0.05) is 5.56 Å². The van der Waals surface area contributed by atoms with Crippen LogP contribution in [0, 0.1) is 0 Å². The fourth-order valence-electron chi connectivity index (χ4n) is 1.81. The van der Waals surface area contributed by atoms with E-state index >= 15 is 0 Å². The molecule has 0 aromatic heterocycles. The van der Waals surface area contributed by atoms with E-state index < -0.39 is 0 Å². The molecule has 2 rings (SSSR count). The molecule has 86 valence electrons. The lowest BCUT2D eigenvalue weighted by atomic mass is 10.00. The van der Waals surface area contributed by atoms with E-state index in [1.807, 2.05) is 30.3 Å². The summed E-state index contributed by atoms with van der Waals surface area (Å²) in [6.07, 6.45) is 1.65. The highest BCUT2D eigenvalue weighted by Gasteiger charge is 2.07. The molecule has 17 heavy (non-hydrogen) atoms. The average Bonchev–Trinajstić information content (AvgIpc) is 2.39. The molecule has 0 bridgehead atoms. The molecule has 0 spiro atoms. The smallest absolute Gasteiger partial charge is 0.153 e. The molecule has 2 nitrogen and oxygen atoms in total. The molecule has 0 amide bonds. The summed E-state index contributed by atoms with van der Waals surface area (Å²) < 4.78 is 0. The summed E-state index contributed by atoms with van der Waals surface area (Å²) in [5, 5.41) is 9.94. The van der Waals surface area contributed by atoms with Crippen molar-refractivity contribution in [3.63, 3.8) is 0 Å². The Morgan fingerprint density at radius 2 is 1.82 bits per heavy atom. The Balaban J connectivity index is 2.48. The van der Waals surface area contributed by atoms with Crippen molar-refractivity contribution in [1.82, 2.24) is 0 Å². The van der Waals surface area contributed by atoms with Gasteiger partial charge in [-0.2, -0.15) is 0 Å². The first-order valence-electron chi connectivity index (χ1n) is 5.62. The second-order valence-electron chi connectivity index (χ2n) is 3.91. The van der Waals surface area contributed by atoms with Crippen LogP contribution in [0.25, 0.3) is 11.1 Å². The summed E-state index contributed by atoms with van der Waals surface area (Å²) in [5.41, 5.74) is 3.18.